The van der Waals surface area contributed by atoms with Gasteiger partial charge >= 0.3 is 0 Å². The summed E-state index contributed by atoms with van der Waals surface area (Å²) in [6, 6.07) is 11.6. The van der Waals surface area contributed by atoms with Crippen molar-refractivity contribution in [3.8, 4) is 0 Å². The normalized spacial score (nSPS) is 22.8. The molecule has 114 valence electrons. The van der Waals surface area contributed by atoms with Crippen LogP contribution in [0.25, 0.3) is 0 Å². The minimum absolute atomic E-state index is 0.183. The molecular formula is C20H24N2. The Morgan fingerprint density at radius 2 is 1.86 bits per heavy atom. The molecule has 0 unspecified atom stereocenters. The van der Waals surface area contributed by atoms with Crippen LogP contribution in [0.5, 0.6) is 0 Å². The van der Waals surface area contributed by atoms with E-state index >= 15 is 0 Å². The van der Waals surface area contributed by atoms with Crippen LogP contribution in [0.1, 0.15) is 61.8 Å². The van der Waals surface area contributed by atoms with E-state index in [-0.39, 0.29) is 5.54 Å². The number of benzene rings is 1. The average Bonchev–Trinajstić information content (AvgIpc) is 2.79. The lowest BCUT2D eigenvalue weighted by Crippen LogP contribution is -2.44. The molecule has 0 amide bonds. The molecule has 1 aromatic carbocycles. The molecule has 2 heterocycles. The summed E-state index contributed by atoms with van der Waals surface area (Å²) < 4.78 is 0. The molecule has 0 radical (unpaired) electrons. The molecule has 1 aliphatic heterocycles. The Morgan fingerprint density at radius 3 is 2.64 bits per heavy atom. The first-order valence-corrected chi connectivity index (χ1v) is 8.53. The van der Waals surface area contributed by atoms with Gasteiger partial charge in [0.15, 0.2) is 0 Å². The molecule has 1 aliphatic carbocycles. The van der Waals surface area contributed by atoms with Gasteiger partial charge in [-0.3, -0.25) is 4.98 Å². The van der Waals surface area contributed by atoms with Gasteiger partial charge in [0, 0.05) is 6.20 Å². The highest BCUT2D eigenvalue weighted by Crippen LogP contribution is 2.55. The Labute approximate surface area is 133 Å². The fourth-order valence-corrected chi connectivity index (χ4v) is 4.72. The largest absolute Gasteiger partial charge is 0.354 e. The molecule has 22 heavy (non-hydrogen) atoms. The summed E-state index contributed by atoms with van der Waals surface area (Å²) in [6.07, 6.45) is 10.5. The number of pyridine rings is 1. The van der Waals surface area contributed by atoms with Crippen LogP contribution in [0.3, 0.4) is 0 Å². The van der Waals surface area contributed by atoms with Crippen LogP contribution in [0, 0.1) is 6.92 Å². The van der Waals surface area contributed by atoms with Crippen LogP contribution in [0.2, 0.25) is 0 Å². The molecule has 2 heteroatoms. The van der Waals surface area contributed by atoms with Crippen molar-refractivity contribution < 1.29 is 0 Å². The number of nitrogens with zero attached hydrogens (tertiary/aromatic N) is 2. The highest BCUT2D eigenvalue weighted by atomic mass is 15.3. The van der Waals surface area contributed by atoms with Crippen LogP contribution in [0.15, 0.2) is 42.7 Å². The number of fused-ring (bicyclic) bond motifs is 2. The van der Waals surface area contributed by atoms with E-state index in [1.54, 1.807) is 5.56 Å². The maximum absolute atomic E-state index is 4.42. The first-order chi connectivity index (χ1) is 10.7. The van der Waals surface area contributed by atoms with E-state index in [1.165, 1.54) is 48.9 Å². The lowest BCUT2D eigenvalue weighted by atomic mass is 9.76. The zero-order valence-electron chi connectivity index (χ0n) is 13.5. The standard InChI is InChI=1S/C20H24N2/c1-15-10-13-21-14-19(15)22-16(2)17-8-4-5-9-18(17)20(22)11-6-3-7-12-20/h4-5,8-10,13-14,16H,3,6-7,11-12H2,1-2H3/t16-/m0/s1. The molecule has 1 spiro atoms. The van der Waals surface area contributed by atoms with Crippen LogP contribution < -0.4 is 4.90 Å². The number of anilines is 1. The first kappa shape index (κ1) is 13.8. The summed E-state index contributed by atoms with van der Waals surface area (Å²) in [6.45, 7) is 4.57. The molecule has 2 nitrogen and oxygen atoms in total. The smallest absolute Gasteiger partial charge is 0.0664 e. The topological polar surface area (TPSA) is 16.1 Å². The van der Waals surface area contributed by atoms with Gasteiger partial charge < -0.3 is 4.90 Å². The Balaban J connectivity index is 1.92. The van der Waals surface area contributed by atoms with Crippen LogP contribution >= 0.6 is 0 Å². The molecule has 2 aromatic rings. The van der Waals surface area contributed by atoms with Crippen molar-refractivity contribution >= 4 is 5.69 Å². The third kappa shape index (κ3) is 1.83. The lowest BCUT2D eigenvalue weighted by Gasteiger charge is -2.46. The first-order valence-electron chi connectivity index (χ1n) is 8.53. The predicted molar refractivity (Wildman–Crippen MR) is 91.1 cm³/mol. The van der Waals surface area contributed by atoms with Crippen molar-refractivity contribution in [3.63, 3.8) is 0 Å². The third-order valence-electron chi connectivity index (χ3n) is 5.71. The summed E-state index contributed by atoms with van der Waals surface area (Å²) >= 11 is 0. The van der Waals surface area contributed by atoms with Gasteiger partial charge in [-0.15, -0.1) is 0 Å². The van der Waals surface area contributed by atoms with Gasteiger partial charge in [0.2, 0.25) is 0 Å². The van der Waals surface area contributed by atoms with E-state index in [1.807, 2.05) is 6.20 Å². The van der Waals surface area contributed by atoms with Crippen molar-refractivity contribution in [2.24, 2.45) is 0 Å². The molecule has 2 aliphatic rings. The van der Waals surface area contributed by atoms with Crippen molar-refractivity contribution in [2.45, 2.75) is 57.5 Å². The number of hydrogen-bond acceptors (Lipinski definition) is 2. The van der Waals surface area contributed by atoms with Crippen LogP contribution in [-0.4, -0.2) is 4.98 Å². The zero-order valence-corrected chi connectivity index (χ0v) is 13.5. The average molecular weight is 292 g/mol. The van der Waals surface area contributed by atoms with Crippen molar-refractivity contribution in [1.82, 2.24) is 4.98 Å². The fraction of sp³-hybridized carbons (Fsp3) is 0.450. The van der Waals surface area contributed by atoms with E-state index < -0.39 is 0 Å². The number of rotatable bonds is 1. The SMILES string of the molecule is Cc1ccncc1N1[C@@H](C)c2ccccc2C12CCCCC2. The highest BCUT2D eigenvalue weighted by molar-refractivity contribution is 5.62. The van der Waals surface area contributed by atoms with E-state index in [9.17, 15) is 0 Å². The van der Waals surface area contributed by atoms with E-state index in [4.69, 9.17) is 0 Å². The zero-order chi connectivity index (χ0) is 15.2. The van der Waals surface area contributed by atoms with Crippen LogP contribution in [-0.2, 0) is 5.54 Å². The fourth-order valence-electron chi connectivity index (χ4n) is 4.72. The summed E-state index contributed by atoms with van der Waals surface area (Å²) in [4.78, 5) is 7.10. The van der Waals surface area contributed by atoms with Crippen molar-refractivity contribution in [2.75, 3.05) is 4.90 Å². The third-order valence-corrected chi connectivity index (χ3v) is 5.71. The summed E-state index contributed by atoms with van der Waals surface area (Å²) in [7, 11) is 0. The molecule has 1 atom stereocenters. The molecular weight excluding hydrogens is 268 g/mol. The van der Waals surface area contributed by atoms with E-state index in [0.29, 0.717) is 6.04 Å². The second kappa shape index (κ2) is 5.12. The number of hydrogen-bond donors (Lipinski definition) is 0. The van der Waals surface area contributed by atoms with Gasteiger partial charge in [0.1, 0.15) is 0 Å². The minimum atomic E-state index is 0.183. The molecule has 1 fully saturated rings. The quantitative estimate of drug-likeness (QED) is 0.724. The maximum atomic E-state index is 4.42. The lowest BCUT2D eigenvalue weighted by molar-refractivity contribution is 0.284. The number of aryl methyl sites for hydroxylation is 1. The van der Waals surface area contributed by atoms with Crippen molar-refractivity contribution in [1.29, 1.82) is 0 Å². The Morgan fingerprint density at radius 1 is 1.09 bits per heavy atom. The molecule has 1 saturated carbocycles. The highest BCUT2D eigenvalue weighted by Gasteiger charge is 2.49. The van der Waals surface area contributed by atoms with Crippen LogP contribution in [0.4, 0.5) is 5.69 Å². The van der Waals surface area contributed by atoms with E-state index in [2.05, 4.69) is 60.3 Å². The number of aromatic nitrogens is 1. The monoisotopic (exact) mass is 292 g/mol. The van der Waals surface area contributed by atoms with Gasteiger partial charge in [0.05, 0.1) is 23.5 Å². The van der Waals surface area contributed by atoms with Gasteiger partial charge in [0.25, 0.3) is 0 Å². The summed E-state index contributed by atoms with van der Waals surface area (Å²) in [5.41, 5.74) is 5.90. The summed E-state index contributed by atoms with van der Waals surface area (Å²) in [5.74, 6) is 0. The second-order valence-electron chi connectivity index (χ2n) is 6.89. The predicted octanol–water partition coefficient (Wildman–Crippen LogP) is 5.13. The minimum Gasteiger partial charge on any atom is -0.354 e. The second-order valence-corrected chi connectivity index (χ2v) is 6.89. The van der Waals surface area contributed by atoms with E-state index in [0.717, 1.165) is 0 Å². The molecule has 0 saturated heterocycles. The van der Waals surface area contributed by atoms with Gasteiger partial charge in [-0.1, -0.05) is 43.5 Å². The van der Waals surface area contributed by atoms with Gasteiger partial charge in [-0.2, -0.15) is 0 Å². The summed E-state index contributed by atoms with van der Waals surface area (Å²) in [5, 5.41) is 0. The molecule has 4 rings (SSSR count). The maximum Gasteiger partial charge on any atom is 0.0664 e. The molecule has 0 bridgehead atoms. The Kier molecular flexibility index (Phi) is 3.21. The Bertz CT molecular complexity index is 686. The van der Waals surface area contributed by atoms with Gasteiger partial charge in [-0.25, -0.2) is 0 Å². The molecule has 0 N–H and O–H groups in total. The van der Waals surface area contributed by atoms with Gasteiger partial charge in [-0.05, 0) is 49.4 Å². The van der Waals surface area contributed by atoms with Crippen molar-refractivity contribution in [3.05, 3.63) is 59.4 Å². The Hall–Kier alpha value is -1.83. The molecule has 1 aromatic heterocycles.